The summed E-state index contributed by atoms with van der Waals surface area (Å²) >= 11 is 0. The quantitative estimate of drug-likeness (QED) is 0.703. The van der Waals surface area contributed by atoms with Gasteiger partial charge in [0, 0.05) is 11.1 Å². The van der Waals surface area contributed by atoms with Crippen LogP contribution >= 0.6 is 0 Å². The van der Waals surface area contributed by atoms with Crippen molar-refractivity contribution in [1.29, 1.82) is 5.26 Å². The van der Waals surface area contributed by atoms with Gasteiger partial charge in [0.05, 0.1) is 48.9 Å². The van der Waals surface area contributed by atoms with Crippen molar-refractivity contribution in [2.45, 2.75) is 19.9 Å². The van der Waals surface area contributed by atoms with E-state index in [2.05, 4.69) is 16.2 Å². The zero-order valence-electron chi connectivity index (χ0n) is 13.8. The first kappa shape index (κ1) is 16.5. The van der Waals surface area contributed by atoms with Crippen molar-refractivity contribution in [2.75, 3.05) is 7.11 Å². The van der Waals surface area contributed by atoms with Crippen molar-refractivity contribution in [1.82, 2.24) is 14.8 Å². The largest absolute Gasteiger partial charge is 0.545 e. The molecule has 25 heavy (non-hydrogen) atoms. The lowest BCUT2D eigenvalue weighted by molar-refractivity contribution is -0.254. The molecule has 0 fully saturated rings. The Morgan fingerprint density at radius 2 is 2.16 bits per heavy atom. The summed E-state index contributed by atoms with van der Waals surface area (Å²) in [6, 6.07) is 10.7. The van der Waals surface area contributed by atoms with Crippen LogP contribution in [-0.4, -0.2) is 27.8 Å². The van der Waals surface area contributed by atoms with E-state index >= 15 is 0 Å². The molecule has 0 radical (unpaired) electrons. The number of aryl methyl sites for hydroxylation is 2. The first-order valence-electron chi connectivity index (χ1n) is 7.66. The Hall–Kier alpha value is -3.40. The number of fused-ring (bicyclic) bond motifs is 1. The van der Waals surface area contributed by atoms with Gasteiger partial charge in [0.2, 0.25) is 0 Å². The molecule has 0 aliphatic carbocycles. The highest BCUT2D eigenvalue weighted by molar-refractivity contribution is 6.03. The van der Waals surface area contributed by atoms with Crippen molar-refractivity contribution >= 4 is 17.0 Å². The molecule has 2 heterocycles. The number of carbonyl (C=O) groups excluding carboxylic acids is 1. The summed E-state index contributed by atoms with van der Waals surface area (Å²) in [5.74, 6) is -0.718. The van der Waals surface area contributed by atoms with Crippen LogP contribution in [-0.2, 0) is 6.54 Å². The van der Waals surface area contributed by atoms with Crippen LogP contribution in [0.5, 0.6) is 5.75 Å². The number of carboxylic acid groups (broad SMARTS) is 1. The summed E-state index contributed by atoms with van der Waals surface area (Å²) in [7, 11) is 1.54. The number of hydrogen-bond acceptors (Lipinski definition) is 6. The number of rotatable bonds is 5. The van der Waals surface area contributed by atoms with Gasteiger partial charge in [-0.25, -0.2) is 9.67 Å². The SMILES string of the molecule is COc1ccccc1-c1cc(C(=O)[O-])c2c(C)nn(CCC#N)c2n1. The highest BCUT2D eigenvalue weighted by Gasteiger charge is 2.17. The normalized spacial score (nSPS) is 10.6. The molecule has 0 spiro atoms. The average Bonchev–Trinajstić information content (AvgIpc) is 2.94. The van der Waals surface area contributed by atoms with Crippen LogP contribution < -0.4 is 9.84 Å². The van der Waals surface area contributed by atoms with Crippen LogP contribution in [0.2, 0.25) is 0 Å². The molecule has 7 nitrogen and oxygen atoms in total. The predicted molar refractivity (Wildman–Crippen MR) is 88.8 cm³/mol. The summed E-state index contributed by atoms with van der Waals surface area (Å²) in [6.07, 6.45) is 0.247. The molecule has 0 bridgehead atoms. The molecule has 0 saturated carbocycles. The maximum Gasteiger partial charge on any atom is 0.159 e. The molecule has 0 N–H and O–H groups in total. The Morgan fingerprint density at radius 1 is 1.40 bits per heavy atom. The van der Waals surface area contributed by atoms with Gasteiger partial charge in [-0.1, -0.05) is 12.1 Å². The van der Waals surface area contributed by atoms with E-state index in [0.29, 0.717) is 40.3 Å². The van der Waals surface area contributed by atoms with Gasteiger partial charge in [0.1, 0.15) is 5.75 Å². The monoisotopic (exact) mass is 335 g/mol. The molecule has 3 rings (SSSR count). The van der Waals surface area contributed by atoms with E-state index in [1.807, 2.05) is 12.1 Å². The number of pyridine rings is 1. The minimum Gasteiger partial charge on any atom is -0.545 e. The van der Waals surface area contributed by atoms with E-state index in [4.69, 9.17) is 10.00 Å². The van der Waals surface area contributed by atoms with Gasteiger partial charge in [-0.05, 0) is 25.1 Å². The molecular weight excluding hydrogens is 320 g/mol. The second-order valence-electron chi connectivity index (χ2n) is 5.46. The van der Waals surface area contributed by atoms with Crippen LogP contribution in [0.3, 0.4) is 0 Å². The number of para-hydroxylation sites is 1. The second kappa shape index (κ2) is 6.61. The van der Waals surface area contributed by atoms with E-state index in [9.17, 15) is 9.90 Å². The molecule has 1 aromatic carbocycles. The van der Waals surface area contributed by atoms with E-state index in [-0.39, 0.29) is 12.0 Å². The number of methoxy groups -OCH3 is 1. The lowest BCUT2D eigenvalue weighted by atomic mass is 10.0. The summed E-state index contributed by atoms with van der Waals surface area (Å²) in [6.45, 7) is 2.04. The molecule has 7 heteroatoms. The van der Waals surface area contributed by atoms with Gasteiger partial charge < -0.3 is 14.6 Å². The zero-order valence-corrected chi connectivity index (χ0v) is 13.8. The second-order valence-corrected chi connectivity index (χ2v) is 5.46. The highest BCUT2D eigenvalue weighted by atomic mass is 16.5. The first-order valence-corrected chi connectivity index (χ1v) is 7.66. The van der Waals surface area contributed by atoms with Gasteiger partial charge >= 0.3 is 0 Å². The first-order chi connectivity index (χ1) is 12.1. The molecule has 3 aromatic rings. The number of carboxylic acids is 1. The maximum atomic E-state index is 11.7. The molecule has 0 saturated heterocycles. The Bertz CT molecular complexity index is 1000. The number of ether oxygens (including phenoxy) is 1. The average molecular weight is 335 g/mol. The molecule has 2 aromatic heterocycles. The van der Waals surface area contributed by atoms with Crippen molar-refractivity contribution in [2.24, 2.45) is 0 Å². The fourth-order valence-corrected chi connectivity index (χ4v) is 2.82. The number of aromatic carboxylic acids is 1. The molecule has 0 amide bonds. The van der Waals surface area contributed by atoms with Crippen LogP contribution in [0.25, 0.3) is 22.3 Å². The topological polar surface area (TPSA) is 104 Å². The van der Waals surface area contributed by atoms with Gasteiger partial charge in [0.25, 0.3) is 0 Å². The third kappa shape index (κ3) is 2.90. The van der Waals surface area contributed by atoms with E-state index in [0.717, 1.165) is 0 Å². The van der Waals surface area contributed by atoms with E-state index in [1.54, 1.807) is 30.8 Å². The lowest BCUT2D eigenvalue weighted by Crippen LogP contribution is -2.23. The number of hydrogen-bond donors (Lipinski definition) is 0. The van der Waals surface area contributed by atoms with E-state index < -0.39 is 5.97 Å². The fraction of sp³-hybridized carbons (Fsp3) is 0.222. The van der Waals surface area contributed by atoms with Gasteiger partial charge in [-0.2, -0.15) is 10.4 Å². The summed E-state index contributed by atoms with van der Waals surface area (Å²) < 4.78 is 6.90. The molecule has 0 atom stereocenters. The Labute approximate surface area is 144 Å². The van der Waals surface area contributed by atoms with Crippen LogP contribution in [0.1, 0.15) is 22.5 Å². The Balaban J connectivity index is 2.31. The smallest absolute Gasteiger partial charge is 0.159 e. The molecule has 126 valence electrons. The number of benzene rings is 1. The van der Waals surface area contributed by atoms with Gasteiger partial charge in [-0.3, -0.25) is 0 Å². The minimum atomic E-state index is -1.30. The van der Waals surface area contributed by atoms with Crippen molar-refractivity contribution in [3.63, 3.8) is 0 Å². The standard InChI is InChI=1S/C18H16N4O3/c1-11-16-13(18(23)24)10-14(12-6-3-4-7-15(12)25-2)20-17(16)22(21-11)9-5-8-19/h3-4,6-7,10H,5,9H2,1-2H3,(H,23,24)/p-1. The van der Waals surface area contributed by atoms with Crippen LogP contribution in [0.4, 0.5) is 0 Å². The minimum absolute atomic E-state index is 0.0200. The van der Waals surface area contributed by atoms with Crippen molar-refractivity contribution in [3.8, 4) is 23.1 Å². The number of nitrogens with zero attached hydrogens (tertiary/aromatic N) is 4. The molecule has 0 unspecified atom stereocenters. The van der Waals surface area contributed by atoms with Gasteiger partial charge in [0.15, 0.2) is 5.65 Å². The third-order valence-corrected chi connectivity index (χ3v) is 3.92. The maximum absolute atomic E-state index is 11.7. The zero-order chi connectivity index (χ0) is 18.0. The lowest BCUT2D eigenvalue weighted by Gasteiger charge is -2.12. The number of aromatic nitrogens is 3. The number of carbonyl (C=O) groups is 1. The predicted octanol–water partition coefficient (Wildman–Crippen LogP) is 1.69. The third-order valence-electron chi connectivity index (χ3n) is 3.92. The van der Waals surface area contributed by atoms with Crippen LogP contribution in [0, 0.1) is 18.3 Å². The summed E-state index contributed by atoms with van der Waals surface area (Å²) in [5.41, 5.74) is 2.08. The van der Waals surface area contributed by atoms with Crippen molar-refractivity contribution < 1.29 is 14.6 Å². The Morgan fingerprint density at radius 3 is 2.84 bits per heavy atom. The Kier molecular flexibility index (Phi) is 4.35. The van der Waals surface area contributed by atoms with Crippen LogP contribution in [0.15, 0.2) is 30.3 Å². The van der Waals surface area contributed by atoms with E-state index in [1.165, 1.54) is 6.07 Å². The summed E-state index contributed by atoms with van der Waals surface area (Å²) in [4.78, 5) is 16.3. The highest BCUT2D eigenvalue weighted by Crippen LogP contribution is 2.32. The molecule has 0 aliphatic rings. The fourth-order valence-electron chi connectivity index (χ4n) is 2.82. The molecule has 0 aliphatic heterocycles. The van der Waals surface area contributed by atoms with Gasteiger partial charge in [-0.15, -0.1) is 0 Å². The molecular formula is C18H15N4O3-. The number of nitriles is 1. The van der Waals surface area contributed by atoms with Crippen molar-refractivity contribution in [3.05, 3.63) is 41.6 Å². The summed E-state index contributed by atoms with van der Waals surface area (Å²) in [5, 5.41) is 25.2.